The van der Waals surface area contributed by atoms with E-state index in [0.717, 1.165) is 38.0 Å². The number of halogens is 1. The third-order valence-corrected chi connectivity index (χ3v) is 3.96. The Labute approximate surface area is 146 Å². The van der Waals surface area contributed by atoms with Gasteiger partial charge in [0.05, 0.1) is 12.6 Å². The zero-order valence-corrected chi connectivity index (χ0v) is 15.3. The number of carbonyl (C=O) groups excluding carboxylic acids is 1. The van der Waals surface area contributed by atoms with Crippen LogP contribution in [0.4, 0.5) is 0 Å². The minimum absolute atomic E-state index is 0. The van der Waals surface area contributed by atoms with Gasteiger partial charge in [0.1, 0.15) is 5.75 Å². The lowest BCUT2D eigenvalue weighted by Crippen LogP contribution is -2.45. The lowest BCUT2D eigenvalue weighted by Gasteiger charge is -2.17. The Kier molecular flexibility index (Phi) is 11.5. The molecule has 0 aromatic heterocycles. The lowest BCUT2D eigenvalue weighted by atomic mass is 9.99. The fourth-order valence-electron chi connectivity index (χ4n) is 2.05. The summed E-state index contributed by atoms with van der Waals surface area (Å²) >= 11 is 0. The Bertz CT molecular complexity index is 437. The van der Waals surface area contributed by atoms with Crippen LogP contribution in [0.1, 0.15) is 45.6 Å². The number of hydrogen-bond donors (Lipinski definition) is 2. The van der Waals surface area contributed by atoms with E-state index in [-0.39, 0.29) is 24.2 Å². The number of ether oxygens (including phenoxy) is 1. The van der Waals surface area contributed by atoms with E-state index in [4.69, 9.17) is 10.5 Å². The number of hydrogen-bond acceptors (Lipinski definition) is 3. The number of nitrogens with two attached hydrogens (primary N) is 1. The van der Waals surface area contributed by atoms with Gasteiger partial charge in [-0.05, 0) is 36.5 Å². The second kappa shape index (κ2) is 12.2. The van der Waals surface area contributed by atoms with E-state index in [0.29, 0.717) is 6.54 Å². The quantitative estimate of drug-likeness (QED) is 0.641. The van der Waals surface area contributed by atoms with Crippen LogP contribution in [-0.4, -0.2) is 25.1 Å². The van der Waals surface area contributed by atoms with Gasteiger partial charge >= 0.3 is 0 Å². The molecule has 0 aliphatic heterocycles. The highest BCUT2D eigenvalue weighted by Crippen LogP contribution is 2.13. The molecule has 2 atom stereocenters. The van der Waals surface area contributed by atoms with Gasteiger partial charge in [-0.2, -0.15) is 0 Å². The molecule has 0 aliphatic carbocycles. The number of rotatable bonds is 10. The van der Waals surface area contributed by atoms with E-state index in [1.54, 1.807) is 0 Å². The molecule has 0 spiro atoms. The standard InChI is InChI=1S/C18H30N2O2.ClH/c1-4-6-13-22-16-9-7-15(8-10-16)11-12-20-18(21)17(19)14(3)5-2;/h7-10,14,17H,4-6,11-13,19H2,1-3H3,(H,20,21);1H. The molecule has 0 saturated carbocycles. The van der Waals surface area contributed by atoms with Crippen molar-refractivity contribution in [3.05, 3.63) is 29.8 Å². The maximum atomic E-state index is 11.9. The third-order valence-electron chi connectivity index (χ3n) is 3.96. The molecular formula is C18H31ClN2O2. The van der Waals surface area contributed by atoms with Crippen molar-refractivity contribution in [1.82, 2.24) is 5.32 Å². The highest BCUT2D eigenvalue weighted by atomic mass is 35.5. The average molecular weight is 343 g/mol. The summed E-state index contributed by atoms with van der Waals surface area (Å²) in [7, 11) is 0. The summed E-state index contributed by atoms with van der Waals surface area (Å²) in [6.07, 6.45) is 3.92. The highest BCUT2D eigenvalue weighted by molar-refractivity contribution is 5.85. The van der Waals surface area contributed by atoms with Crippen molar-refractivity contribution in [2.75, 3.05) is 13.2 Å². The van der Waals surface area contributed by atoms with E-state index in [2.05, 4.69) is 12.2 Å². The highest BCUT2D eigenvalue weighted by Gasteiger charge is 2.18. The van der Waals surface area contributed by atoms with Crippen LogP contribution in [0, 0.1) is 5.92 Å². The molecular weight excluding hydrogens is 312 g/mol. The van der Waals surface area contributed by atoms with E-state index >= 15 is 0 Å². The first-order valence-electron chi connectivity index (χ1n) is 8.33. The first-order valence-corrected chi connectivity index (χ1v) is 8.33. The average Bonchev–Trinajstić information content (AvgIpc) is 2.55. The summed E-state index contributed by atoms with van der Waals surface area (Å²) in [5.74, 6) is 1.05. The molecule has 1 aromatic carbocycles. The predicted molar refractivity (Wildman–Crippen MR) is 98.2 cm³/mol. The van der Waals surface area contributed by atoms with Crippen molar-refractivity contribution in [3.8, 4) is 5.75 Å². The van der Waals surface area contributed by atoms with Crippen LogP contribution in [-0.2, 0) is 11.2 Å². The van der Waals surface area contributed by atoms with E-state index in [1.807, 2.05) is 38.1 Å². The monoisotopic (exact) mass is 342 g/mol. The van der Waals surface area contributed by atoms with Gasteiger partial charge in [-0.25, -0.2) is 0 Å². The van der Waals surface area contributed by atoms with Crippen molar-refractivity contribution in [2.45, 2.75) is 52.5 Å². The summed E-state index contributed by atoms with van der Waals surface area (Å²) < 4.78 is 5.63. The maximum Gasteiger partial charge on any atom is 0.237 e. The molecule has 0 saturated heterocycles. The maximum absolute atomic E-state index is 11.9. The molecule has 1 aromatic rings. The molecule has 0 fully saturated rings. The molecule has 0 bridgehead atoms. The Morgan fingerprint density at radius 1 is 1.26 bits per heavy atom. The summed E-state index contributed by atoms with van der Waals surface area (Å²) in [6, 6.07) is 7.64. The minimum atomic E-state index is -0.417. The Morgan fingerprint density at radius 2 is 1.91 bits per heavy atom. The Balaban J connectivity index is 0.00000484. The topological polar surface area (TPSA) is 64.3 Å². The van der Waals surface area contributed by atoms with Crippen molar-refractivity contribution < 1.29 is 9.53 Å². The van der Waals surface area contributed by atoms with Crippen molar-refractivity contribution in [1.29, 1.82) is 0 Å². The second-order valence-electron chi connectivity index (χ2n) is 5.80. The van der Waals surface area contributed by atoms with Crippen LogP contribution < -0.4 is 15.8 Å². The lowest BCUT2D eigenvalue weighted by molar-refractivity contribution is -0.123. The van der Waals surface area contributed by atoms with Gasteiger partial charge in [0.2, 0.25) is 5.91 Å². The fraction of sp³-hybridized carbons (Fsp3) is 0.611. The third kappa shape index (κ3) is 8.24. The number of carbonyl (C=O) groups is 1. The van der Waals surface area contributed by atoms with E-state index < -0.39 is 6.04 Å². The van der Waals surface area contributed by atoms with Gasteiger partial charge in [0.25, 0.3) is 0 Å². The summed E-state index contributed by atoms with van der Waals surface area (Å²) in [5, 5.41) is 2.91. The molecule has 132 valence electrons. The normalized spacial score (nSPS) is 12.9. The second-order valence-corrected chi connectivity index (χ2v) is 5.80. The van der Waals surface area contributed by atoms with E-state index in [1.165, 1.54) is 5.56 Å². The molecule has 2 unspecified atom stereocenters. The van der Waals surface area contributed by atoms with Crippen LogP contribution in [0.5, 0.6) is 5.75 Å². The predicted octanol–water partition coefficient (Wildman–Crippen LogP) is 3.32. The Hall–Kier alpha value is -1.26. The van der Waals surface area contributed by atoms with Gasteiger partial charge in [0.15, 0.2) is 0 Å². The molecule has 5 heteroatoms. The van der Waals surface area contributed by atoms with Gasteiger partial charge < -0.3 is 15.8 Å². The number of nitrogens with one attached hydrogen (secondary N) is 1. The molecule has 0 heterocycles. The van der Waals surface area contributed by atoms with E-state index in [9.17, 15) is 4.79 Å². The van der Waals surface area contributed by atoms with Gasteiger partial charge in [-0.1, -0.05) is 45.7 Å². The van der Waals surface area contributed by atoms with Gasteiger partial charge in [-0.3, -0.25) is 4.79 Å². The Morgan fingerprint density at radius 3 is 2.48 bits per heavy atom. The first-order chi connectivity index (χ1) is 10.6. The first kappa shape index (κ1) is 21.7. The zero-order valence-electron chi connectivity index (χ0n) is 14.5. The van der Waals surface area contributed by atoms with Gasteiger partial charge in [-0.15, -0.1) is 12.4 Å². The van der Waals surface area contributed by atoms with Crippen LogP contribution in [0.15, 0.2) is 24.3 Å². The summed E-state index contributed by atoms with van der Waals surface area (Å²) in [5.41, 5.74) is 7.08. The smallest absolute Gasteiger partial charge is 0.237 e. The van der Waals surface area contributed by atoms with Crippen molar-refractivity contribution in [2.24, 2.45) is 11.7 Å². The molecule has 0 aliphatic rings. The molecule has 4 nitrogen and oxygen atoms in total. The zero-order chi connectivity index (χ0) is 16.4. The molecule has 3 N–H and O–H groups in total. The molecule has 1 rings (SSSR count). The van der Waals surface area contributed by atoms with Crippen LogP contribution in [0.25, 0.3) is 0 Å². The fourth-order valence-corrected chi connectivity index (χ4v) is 2.05. The minimum Gasteiger partial charge on any atom is -0.494 e. The molecule has 23 heavy (non-hydrogen) atoms. The van der Waals surface area contributed by atoms with Crippen LogP contribution in [0.2, 0.25) is 0 Å². The number of benzene rings is 1. The number of unbranched alkanes of at least 4 members (excludes halogenated alkanes) is 1. The van der Waals surface area contributed by atoms with Crippen LogP contribution in [0.3, 0.4) is 0 Å². The SMILES string of the molecule is CCCCOc1ccc(CCNC(=O)C(N)C(C)CC)cc1.Cl. The van der Waals surface area contributed by atoms with Gasteiger partial charge in [0, 0.05) is 6.54 Å². The van der Waals surface area contributed by atoms with Crippen LogP contribution >= 0.6 is 12.4 Å². The number of amides is 1. The van der Waals surface area contributed by atoms with Crippen molar-refractivity contribution >= 4 is 18.3 Å². The molecule has 0 radical (unpaired) electrons. The van der Waals surface area contributed by atoms with Crippen molar-refractivity contribution in [3.63, 3.8) is 0 Å². The molecule has 1 amide bonds. The largest absolute Gasteiger partial charge is 0.494 e. The summed E-state index contributed by atoms with van der Waals surface area (Å²) in [6.45, 7) is 7.57. The summed E-state index contributed by atoms with van der Waals surface area (Å²) in [4.78, 5) is 11.9.